The van der Waals surface area contributed by atoms with E-state index in [1.54, 1.807) is 19.6 Å². The van der Waals surface area contributed by atoms with Gasteiger partial charge in [0.15, 0.2) is 5.75 Å². The molecule has 20 heavy (non-hydrogen) atoms. The molecule has 0 aromatic carbocycles. The van der Waals surface area contributed by atoms with Crippen LogP contribution in [0.15, 0.2) is 29.0 Å². The lowest BCUT2D eigenvalue weighted by atomic mass is 10.1. The van der Waals surface area contributed by atoms with Crippen molar-refractivity contribution in [3.05, 3.63) is 36.0 Å². The highest BCUT2D eigenvalue weighted by molar-refractivity contribution is 5.33. The number of rotatable bonds is 7. The van der Waals surface area contributed by atoms with Crippen LogP contribution in [0.4, 0.5) is 0 Å². The molecule has 2 aromatic rings. The maximum Gasteiger partial charge on any atom is 0.162 e. The van der Waals surface area contributed by atoms with Crippen LogP contribution in [0.25, 0.3) is 0 Å². The highest BCUT2D eigenvalue weighted by Crippen LogP contribution is 2.29. The van der Waals surface area contributed by atoms with Crippen LogP contribution >= 0.6 is 0 Å². The number of likely N-dealkylation sites (N-methyl/N-ethyl adjacent to an activating group) is 1. The molecule has 3 N–H and O–H groups in total. The molecule has 2 rings (SSSR count). The summed E-state index contributed by atoms with van der Waals surface area (Å²) in [6.07, 6.45) is 3.31. The van der Waals surface area contributed by atoms with Crippen LogP contribution in [0.2, 0.25) is 0 Å². The SMILES string of the molecule is COc1cnn(CCN(C)C)c1C(NN)c1ccco1. The van der Waals surface area contributed by atoms with E-state index in [0.29, 0.717) is 5.75 Å². The maximum absolute atomic E-state index is 5.69. The molecule has 2 heterocycles. The lowest BCUT2D eigenvalue weighted by Gasteiger charge is -2.18. The minimum atomic E-state index is -0.301. The summed E-state index contributed by atoms with van der Waals surface area (Å²) in [5.41, 5.74) is 3.61. The van der Waals surface area contributed by atoms with Gasteiger partial charge in [0, 0.05) is 6.54 Å². The zero-order valence-corrected chi connectivity index (χ0v) is 12.0. The third kappa shape index (κ3) is 3.01. The van der Waals surface area contributed by atoms with E-state index in [0.717, 1.165) is 24.5 Å². The molecule has 0 aliphatic heterocycles. The fourth-order valence-electron chi connectivity index (χ4n) is 2.05. The van der Waals surface area contributed by atoms with Gasteiger partial charge in [-0.25, -0.2) is 5.43 Å². The first-order valence-corrected chi connectivity index (χ1v) is 6.41. The second-order valence-electron chi connectivity index (χ2n) is 4.74. The molecule has 1 atom stereocenters. The molecule has 7 nitrogen and oxygen atoms in total. The van der Waals surface area contributed by atoms with Crippen molar-refractivity contribution in [1.82, 2.24) is 20.1 Å². The number of hydrazine groups is 1. The predicted molar refractivity (Wildman–Crippen MR) is 75.2 cm³/mol. The molecule has 0 saturated carbocycles. The Morgan fingerprint density at radius 2 is 2.35 bits per heavy atom. The van der Waals surface area contributed by atoms with Crippen LogP contribution < -0.4 is 16.0 Å². The van der Waals surface area contributed by atoms with Gasteiger partial charge >= 0.3 is 0 Å². The molecule has 0 aliphatic rings. The lowest BCUT2D eigenvalue weighted by Crippen LogP contribution is -2.31. The van der Waals surface area contributed by atoms with Gasteiger partial charge in [0.1, 0.15) is 17.5 Å². The van der Waals surface area contributed by atoms with E-state index in [-0.39, 0.29) is 6.04 Å². The molecule has 0 saturated heterocycles. The van der Waals surface area contributed by atoms with Gasteiger partial charge in [-0.3, -0.25) is 10.5 Å². The molecule has 1 unspecified atom stereocenters. The van der Waals surface area contributed by atoms with Gasteiger partial charge in [-0.05, 0) is 26.2 Å². The minimum Gasteiger partial charge on any atom is -0.493 e. The van der Waals surface area contributed by atoms with Crippen LogP contribution in [-0.4, -0.2) is 42.4 Å². The summed E-state index contributed by atoms with van der Waals surface area (Å²) >= 11 is 0. The monoisotopic (exact) mass is 279 g/mol. The number of nitrogens with zero attached hydrogens (tertiary/aromatic N) is 3. The van der Waals surface area contributed by atoms with Gasteiger partial charge in [0.05, 0.1) is 26.1 Å². The number of nitrogens with two attached hydrogens (primary N) is 1. The van der Waals surface area contributed by atoms with E-state index in [4.69, 9.17) is 15.0 Å². The predicted octanol–water partition coefficient (Wildman–Crippen LogP) is 0.599. The lowest BCUT2D eigenvalue weighted by molar-refractivity contribution is 0.352. The van der Waals surface area contributed by atoms with E-state index >= 15 is 0 Å². The number of nitrogens with one attached hydrogen (secondary N) is 1. The Bertz CT molecular complexity index is 521. The van der Waals surface area contributed by atoms with Gasteiger partial charge in [0.2, 0.25) is 0 Å². The van der Waals surface area contributed by atoms with Crippen molar-refractivity contribution < 1.29 is 9.15 Å². The first kappa shape index (κ1) is 14.6. The topological polar surface area (TPSA) is 81.5 Å². The number of ether oxygens (including phenoxy) is 1. The highest BCUT2D eigenvalue weighted by Gasteiger charge is 2.24. The maximum atomic E-state index is 5.69. The quantitative estimate of drug-likeness (QED) is 0.570. The smallest absolute Gasteiger partial charge is 0.162 e. The Hall–Kier alpha value is -1.83. The van der Waals surface area contributed by atoms with Crippen molar-refractivity contribution in [3.8, 4) is 5.75 Å². The summed E-state index contributed by atoms with van der Waals surface area (Å²) in [5.74, 6) is 7.09. The summed E-state index contributed by atoms with van der Waals surface area (Å²) in [6.45, 7) is 1.61. The van der Waals surface area contributed by atoms with Crippen molar-refractivity contribution in [3.63, 3.8) is 0 Å². The third-order valence-corrected chi connectivity index (χ3v) is 3.09. The van der Waals surface area contributed by atoms with Gasteiger partial charge < -0.3 is 14.1 Å². The first-order chi connectivity index (χ1) is 9.67. The zero-order valence-electron chi connectivity index (χ0n) is 12.0. The molecule has 0 amide bonds. The second-order valence-corrected chi connectivity index (χ2v) is 4.74. The summed E-state index contributed by atoms with van der Waals surface area (Å²) < 4.78 is 12.7. The first-order valence-electron chi connectivity index (χ1n) is 6.41. The normalized spacial score (nSPS) is 12.8. The van der Waals surface area contributed by atoms with Crippen molar-refractivity contribution >= 4 is 0 Å². The second kappa shape index (κ2) is 6.56. The Kier molecular flexibility index (Phi) is 4.78. The molecule has 0 aliphatic carbocycles. The fourth-order valence-corrected chi connectivity index (χ4v) is 2.05. The van der Waals surface area contributed by atoms with Crippen molar-refractivity contribution in [2.75, 3.05) is 27.7 Å². The Labute approximate surface area is 118 Å². The molecule has 0 spiro atoms. The molecule has 110 valence electrons. The molecule has 0 bridgehead atoms. The summed E-state index contributed by atoms with van der Waals surface area (Å²) in [4.78, 5) is 2.09. The molecule has 0 radical (unpaired) electrons. The van der Waals surface area contributed by atoms with Crippen LogP contribution in [0.5, 0.6) is 5.75 Å². The van der Waals surface area contributed by atoms with Crippen LogP contribution in [-0.2, 0) is 6.54 Å². The zero-order chi connectivity index (χ0) is 14.5. The van der Waals surface area contributed by atoms with Crippen molar-refractivity contribution in [2.24, 2.45) is 5.84 Å². The van der Waals surface area contributed by atoms with Crippen molar-refractivity contribution in [2.45, 2.75) is 12.6 Å². The van der Waals surface area contributed by atoms with E-state index in [2.05, 4.69) is 15.4 Å². The largest absolute Gasteiger partial charge is 0.493 e. The third-order valence-electron chi connectivity index (χ3n) is 3.09. The molecule has 7 heteroatoms. The molecule has 0 fully saturated rings. The average Bonchev–Trinajstić information content (AvgIpc) is 3.07. The van der Waals surface area contributed by atoms with E-state index in [1.165, 1.54) is 0 Å². The minimum absolute atomic E-state index is 0.301. The fraction of sp³-hybridized carbons (Fsp3) is 0.462. The Morgan fingerprint density at radius 1 is 1.55 bits per heavy atom. The number of aromatic nitrogens is 2. The number of furan rings is 1. The molecular weight excluding hydrogens is 258 g/mol. The average molecular weight is 279 g/mol. The van der Waals surface area contributed by atoms with Gasteiger partial charge in [0.25, 0.3) is 0 Å². The Morgan fingerprint density at radius 3 is 2.90 bits per heavy atom. The number of hydrogen-bond donors (Lipinski definition) is 2. The summed E-state index contributed by atoms with van der Waals surface area (Å²) in [6, 6.07) is 3.39. The van der Waals surface area contributed by atoms with Gasteiger partial charge in [-0.15, -0.1) is 0 Å². The van der Waals surface area contributed by atoms with Gasteiger partial charge in [-0.1, -0.05) is 0 Å². The van der Waals surface area contributed by atoms with E-state index in [9.17, 15) is 0 Å². The van der Waals surface area contributed by atoms with E-state index in [1.807, 2.05) is 30.9 Å². The van der Waals surface area contributed by atoms with Crippen LogP contribution in [0.3, 0.4) is 0 Å². The van der Waals surface area contributed by atoms with Crippen molar-refractivity contribution in [1.29, 1.82) is 0 Å². The number of hydrogen-bond acceptors (Lipinski definition) is 6. The summed E-state index contributed by atoms with van der Waals surface area (Å²) in [7, 11) is 5.66. The van der Waals surface area contributed by atoms with Crippen LogP contribution in [0.1, 0.15) is 17.5 Å². The highest BCUT2D eigenvalue weighted by atomic mass is 16.5. The van der Waals surface area contributed by atoms with E-state index < -0.39 is 0 Å². The molecular formula is C13H21N5O2. The standard InChI is InChI=1S/C13H21N5O2/c1-17(2)6-7-18-13(11(19-3)9-15-18)12(16-14)10-5-4-8-20-10/h4-5,8-9,12,16H,6-7,14H2,1-3H3. The van der Waals surface area contributed by atoms with Gasteiger partial charge in [-0.2, -0.15) is 5.10 Å². The Balaban J connectivity index is 2.34. The number of methoxy groups -OCH3 is 1. The van der Waals surface area contributed by atoms with Crippen LogP contribution in [0, 0.1) is 0 Å². The summed E-state index contributed by atoms with van der Waals surface area (Å²) in [5, 5.41) is 4.37. The molecule has 2 aromatic heterocycles.